The maximum atomic E-state index is 6.04. The number of ether oxygens (including phenoxy) is 1. The molecule has 1 aromatic rings. The predicted octanol–water partition coefficient (Wildman–Crippen LogP) is 2.96. The molecule has 1 aliphatic rings. The molecule has 0 aliphatic carbocycles. The smallest absolute Gasteiger partial charge is 0.144 e. The number of rotatable bonds is 3. The van der Waals surface area contributed by atoms with Gasteiger partial charge in [0, 0.05) is 26.0 Å². The van der Waals surface area contributed by atoms with Crippen LogP contribution in [0.2, 0.25) is 5.02 Å². The van der Waals surface area contributed by atoms with Gasteiger partial charge in [-0.25, -0.2) is 4.98 Å². The summed E-state index contributed by atoms with van der Waals surface area (Å²) in [5.74, 6) is 0.775. The third-order valence-corrected chi connectivity index (χ3v) is 3.45. The first kappa shape index (κ1) is 11.7. The van der Waals surface area contributed by atoms with Gasteiger partial charge in [-0.1, -0.05) is 18.5 Å². The van der Waals surface area contributed by atoms with Crippen molar-refractivity contribution in [3.8, 4) is 0 Å². The molecular formula is C12H17ClN2O. The van der Waals surface area contributed by atoms with Crippen molar-refractivity contribution < 1.29 is 4.74 Å². The number of aromatic nitrogens is 1. The fourth-order valence-electron chi connectivity index (χ4n) is 1.85. The highest BCUT2D eigenvalue weighted by Gasteiger charge is 2.27. The normalized spacial score (nSPS) is 19.4. The molecule has 0 unspecified atom stereocenters. The molecule has 2 rings (SSSR count). The summed E-state index contributed by atoms with van der Waals surface area (Å²) < 4.78 is 5.37. The monoisotopic (exact) mass is 240 g/mol. The molecule has 3 nitrogen and oxygen atoms in total. The first-order valence-corrected chi connectivity index (χ1v) is 6.00. The lowest BCUT2D eigenvalue weighted by Crippen LogP contribution is -2.33. The molecule has 1 saturated heterocycles. The lowest BCUT2D eigenvalue weighted by atomic mass is 9.82. The van der Waals surface area contributed by atoms with Gasteiger partial charge in [0.25, 0.3) is 0 Å². The van der Waals surface area contributed by atoms with E-state index in [1.165, 1.54) is 0 Å². The minimum absolute atomic E-state index is 0.291. The summed E-state index contributed by atoms with van der Waals surface area (Å²) in [5.41, 5.74) is 0.291. The molecule has 1 aliphatic heterocycles. The molecule has 0 spiro atoms. The molecular weight excluding hydrogens is 224 g/mol. The van der Waals surface area contributed by atoms with Crippen LogP contribution in [0.15, 0.2) is 18.3 Å². The lowest BCUT2D eigenvalue weighted by Gasteiger charge is -2.33. The number of nitrogens with one attached hydrogen (secondary N) is 1. The molecule has 0 bridgehead atoms. The summed E-state index contributed by atoms with van der Waals surface area (Å²) in [7, 11) is 0. The third-order valence-electron chi connectivity index (χ3n) is 3.14. The van der Waals surface area contributed by atoms with Crippen molar-refractivity contribution in [3.63, 3.8) is 0 Å². The summed E-state index contributed by atoms with van der Waals surface area (Å²) in [4.78, 5) is 4.22. The maximum absolute atomic E-state index is 6.04. The van der Waals surface area contributed by atoms with Crippen LogP contribution in [0.1, 0.15) is 19.8 Å². The lowest BCUT2D eigenvalue weighted by molar-refractivity contribution is 0.0300. The molecule has 0 amide bonds. The number of hydrogen-bond donors (Lipinski definition) is 1. The van der Waals surface area contributed by atoms with Gasteiger partial charge in [-0.15, -0.1) is 0 Å². The van der Waals surface area contributed by atoms with E-state index < -0.39 is 0 Å². The fourth-order valence-corrected chi connectivity index (χ4v) is 2.04. The van der Waals surface area contributed by atoms with Gasteiger partial charge in [-0.3, -0.25) is 0 Å². The van der Waals surface area contributed by atoms with Crippen molar-refractivity contribution in [3.05, 3.63) is 23.4 Å². The van der Waals surface area contributed by atoms with Crippen LogP contribution in [0.4, 0.5) is 5.82 Å². The zero-order chi connectivity index (χ0) is 11.4. The largest absolute Gasteiger partial charge is 0.381 e. The Morgan fingerprint density at radius 1 is 1.50 bits per heavy atom. The SMILES string of the molecule is CC1(CNc2ncccc2Cl)CCOCC1. The highest BCUT2D eigenvalue weighted by atomic mass is 35.5. The minimum atomic E-state index is 0.291. The van der Waals surface area contributed by atoms with E-state index in [1.807, 2.05) is 12.1 Å². The molecule has 16 heavy (non-hydrogen) atoms. The Morgan fingerprint density at radius 3 is 2.94 bits per heavy atom. The second-order valence-electron chi connectivity index (χ2n) is 4.61. The highest BCUT2D eigenvalue weighted by Crippen LogP contribution is 2.30. The van der Waals surface area contributed by atoms with E-state index >= 15 is 0 Å². The Balaban J connectivity index is 1.94. The van der Waals surface area contributed by atoms with Gasteiger partial charge in [0.2, 0.25) is 0 Å². The number of nitrogens with zero attached hydrogens (tertiary/aromatic N) is 1. The van der Waals surface area contributed by atoms with Gasteiger partial charge in [-0.2, -0.15) is 0 Å². The zero-order valence-corrected chi connectivity index (χ0v) is 10.3. The third kappa shape index (κ3) is 2.86. The number of pyridine rings is 1. The molecule has 88 valence electrons. The summed E-state index contributed by atoms with van der Waals surface area (Å²) in [6.45, 7) is 4.88. The van der Waals surface area contributed by atoms with Crippen LogP contribution in [0, 0.1) is 5.41 Å². The Bertz CT molecular complexity index is 351. The standard InChI is InChI=1S/C12H17ClN2O/c1-12(4-7-16-8-5-12)9-15-11-10(13)3-2-6-14-11/h2-3,6H,4-5,7-9H2,1H3,(H,14,15). The molecule has 4 heteroatoms. The van der Waals surface area contributed by atoms with Gasteiger partial charge in [-0.05, 0) is 30.4 Å². The topological polar surface area (TPSA) is 34.2 Å². The quantitative estimate of drug-likeness (QED) is 0.882. The first-order chi connectivity index (χ1) is 7.70. The molecule has 0 saturated carbocycles. The highest BCUT2D eigenvalue weighted by molar-refractivity contribution is 6.32. The predicted molar refractivity (Wildman–Crippen MR) is 65.9 cm³/mol. The van der Waals surface area contributed by atoms with Crippen LogP contribution in [0.3, 0.4) is 0 Å². The van der Waals surface area contributed by atoms with Crippen LogP contribution in [0.25, 0.3) is 0 Å². The second kappa shape index (κ2) is 5.02. The molecule has 1 fully saturated rings. The minimum Gasteiger partial charge on any atom is -0.381 e. The van der Waals surface area contributed by atoms with Crippen molar-refractivity contribution >= 4 is 17.4 Å². The average molecular weight is 241 g/mol. The van der Waals surface area contributed by atoms with Crippen LogP contribution >= 0.6 is 11.6 Å². The second-order valence-corrected chi connectivity index (χ2v) is 5.02. The average Bonchev–Trinajstić information content (AvgIpc) is 2.29. The summed E-state index contributed by atoms with van der Waals surface area (Å²) in [5, 5.41) is 4.00. The van der Waals surface area contributed by atoms with Crippen LogP contribution in [-0.2, 0) is 4.74 Å². The van der Waals surface area contributed by atoms with Crippen molar-refractivity contribution in [2.75, 3.05) is 25.1 Å². The van der Waals surface area contributed by atoms with Crippen molar-refractivity contribution in [2.45, 2.75) is 19.8 Å². The summed E-state index contributed by atoms with van der Waals surface area (Å²) >= 11 is 6.04. The maximum Gasteiger partial charge on any atom is 0.144 e. The van der Waals surface area contributed by atoms with Crippen molar-refractivity contribution in [1.82, 2.24) is 4.98 Å². The summed E-state index contributed by atoms with van der Waals surface area (Å²) in [6.07, 6.45) is 3.93. The van der Waals surface area contributed by atoms with Gasteiger partial charge < -0.3 is 10.1 Å². The van der Waals surface area contributed by atoms with Crippen LogP contribution < -0.4 is 5.32 Å². The zero-order valence-electron chi connectivity index (χ0n) is 9.50. The first-order valence-electron chi connectivity index (χ1n) is 5.62. The van der Waals surface area contributed by atoms with E-state index in [1.54, 1.807) is 6.20 Å². The van der Waals surface area contributed by atoms with Crippen molar-refractivity contribution in [1.29, 1.82) is 0 Å². The van der Waals surface area contributed by atoms with E-state index in [-0.39, 0.29) is 0 Å². The van der Waals surface area contributed by atoms with Gasteiger partial charge in [0.1, 0.15) is 5.82 Å². The van der Waals surface area contributed by atoms with Gasteiger partial charge in [0.15, 0.2) is 0 Å². The molecule has 0 atom stereocenters. The van der Waals surface area contributed by atoms with E-state index in [4.69, 9.17) is 16.3 Å². The molecule has 1 N–H and O–H groups in total. The number of hydrogen-bond acceptors (Lipinski definition) is 3. The Morgan fingerprint density at radius 2 is 2.25 bits per heavy atom. The van der Waals surface area contributed by atoms with Gasteiger partial charge >= 0.3 is 0 Å². The number of halogens is 1. The molecule has 2 heterocycles. The van der Waals surface area contributed by atoms with E-state index in [0.717, 1.165) is 38.4 Å². The van der Waals surface area contributed by atoms with Crippen LogP contribution in [0.5, 0.6) is 0 Å². The molecule has 1 aromatic heterocycles. The van der Waals surface area contributed by atoms with Gasteiger partial charge in [0.05, 0.1) is 5.02 Å². The van der Waals surface area contributed by atoms with E-state index in [9.17, 15) is 0 Å². The van der Waals surface area contributed by atoms with Crippen LogP contribution in [-0.4, -0.2) is 24.7 Å². The Hall–Kier alpha value is -0.800. The number of anilines is 1. The fraction of sp³-hybridized carbons (Fsp3) is 0.583. The molecule has 0 aromatic carbocycles. The Labute approximate surface area is 101 Å². The van der Waals surface area contributed by atoms with E-state index in [2.05, 4.69) is 17.2 Å². The Kier molecular flexibility index (Phi) is 3.66. The van der Waals surface area contributed by atoms with E-state index in [0.29, 0.717) is 10.4 Å². The molecule has 0 radical (unpaired) electrons. The van der Waals surface area contributed by atoms with Crippen molar-refractivity contribution in [2.24, 2.45) is 5.41 Å². The summed E-state index contributed by atoms with van der Waals surface area (Å²) in [6, 6.07) is 3.69.